The monoisotopic (exact) mass is 323 g/mol. The van der Waals surface area contributed by atoms with Crippen LogP contribution < -0.4 is 10.2 Å². The third kappa shape index (κ3) is 3.45. The van der Waals surface area contributed by atoms with Crippen molar-refractivity contribution in [2.24, 2.45) is 5.92 Å². The normalized spacial score (nSPS) is 17.1. The van der Waals surface area contributed by atoms with E-state index in [2.05, 4.69) is 17.2 Å². The maximum Gasteiger partial charge on any atom is 0.227 e. The fourth-order valence-electron chi connectivity index (χ4n) is 3.01. The van der Waals surface area contributed by atoms with Crippen LogP contribution in [0, 0.1) is 5.92 Å². The maximum atomic E-state index is 12.4. The van der Waals surface area contributed by atoms with Crippen molar-refractivity contribution in [3.63, 3.8) is 0 Å². The number of benzene rings is 1. The van der Waals surface area contributed by atoms with E-state index in [1.165, 1.54) is 0 Å². The topological polar surface area (TPSA) is 62.3 Å². The Morgan fingerprint density at radius 2 is 2.04 bits per heavy atom. The minimum Gasteiger partial charge on any atom is -0.350 e. The fraction of sp³-hybridized carbons (Fsp3) is 0.316. The number of carbonyl (C=O) groups excluding carboxylic acids is 2. The standard InChI is InChI=1S/C19H21N3O2/c1-2-14-7-3-4-9-17(14)22-13-15(11-18(22)23)19(24)21-12-16-8-5-6-10-20-16/h3-10,15H,2,11-13H2,1H3,(H,21,24). The summed E-state index contributed by atoms with van der Waals surface area (Å²) in [7, 11) is 0. The van der Waals surface area contributed by atoms with Crippen molar-refractivity contribution >= 4 is 17.5 Å². The molecule has 3 rings (SSSR count). The van der Waals surface area contributed by atoms with Gasteiger partial charge in [0.2, 0.25) is 11.8 Å². The number of anilines is 1. The first-order chi connectivity index (χ1) is 11.7. The van der Waals surface area contributed by atoms with E-state index in [0.717, 1.165) is 23.4 Å². The first-order valence-corrected chi connectivity index (χ1v) is 8.25. The van der Waals surface area contributed by atoms with Crippen LogP contribution in [0.15, 0.2) is 48.7 Å². The Morgan fingerprint density at radius 1 is 1.25 bits per heavy atom. The molecule has 0 radical (unpaired) electrons. The van der Waals surface area contributed by atoms with Crippen LogP contribution in [0.1, 0.15) is 24.6 Å². The van der Waals surface area contributed by atoms with Crippen LogP contribution in [0.2, 0.25) is 0 Å². The van der Waals surface area contributed by atoms with Gasteiger partial charge in [0.15, 0.2) is 0 Å². The minimum absolute atomic E-state index is 0.00823. The third-order valence-electron chi connectivity index (χ3n) is 4.33. The lowest BCUT2D eigenvalue weighted by Crippen LogP contribution is -2.33. The number of para-hydroxylation sites is 1. The molecule has 0 bridgehead atoms. The van der Waals surface area contributed by atoms with E-state index < -0.39 is 0 Å². The second-order valence-corrected chi connectivity index (χ2v) is 5.93. The van der Waals surface area contributed by atoms with Gasteiger partial charge in [-0.3, -0.25) is 14.6 Å². The van der Waals surface area contributed by atoms with Gasteiger partial charge >= 0.3 is 0 Å². The summed E-state index contributed by atoms with van der Waals surface area (Å²) in [6.07, 6.45) is 2.81. The lowest BCUT2D eigenvalue weighted by atomic mass is 10.1. The second kappa shape index (κ2) is 7.25. The molecule has 2 aromatic rings. The summed E-state index contributed by atoms with van der Waals surface area (Å²) in [5.41, 5.74) is 2.86. The Kier molecular flexibility index (Phi) is 4.89. The molecule has 2 heterocycles. The zero-order valence-electron chi connectivity index (χ0n) is 13.7. The quantitative estimate of drug-likeness (QED) is 0.918. The third-order valence-corrected chi connectivity index (χ3v) is 4.33. The van der Waals surface area contributed by atoms with Crippen LogP contribution in [0.4, 0.5) is 5.69 Å². The molecule has 5 heteroatoms. The molecule has 2 amide bonds. The van der Waals surface area contributed by atoms with Crippen LogP contribution in [0.3, 0.4) is 0 Å². The van der Waals surface area contributed by atoms with Gasteiger partial charge in [-0.15, -0.1) is 0 Å². The Labute approximate surface area is 141 Å². The van der Waals surface area contributed by atoms with E-state index in [-0.39, 0.29) is 24.2 Å². The molecule has 1 aliphatic heterocycles. The molecular weight excluding hydrogens is 302 g/mol. The summed E-state index contributed by atoms with van der Waals surface area (Å²) in [5.74, 6) is -0.398. The highest BCUT2D eigenvalue weighted by Crippen LogP contribution is 2.28. The number of nitrogens with one attached hydrogen (secondary N) is 1. The van der Waals surface area contributed by atoms with E-state index in [1.807, 2.05) is 42.5 Å². The molecule has 1 aromatic carbocycles. The average Bonchev–Trinajstić information content (AvgIpc) is 3.02. The molecule has 1 saturated heterocycles. The van der Waals surface area contributed by atoms with Gasteiger partial charge in [0.1, 0.15) is 0 Å². The number of hydrogen-bond acceptors (Lipinski definition) is 3. The van der Waals surface area contributed by atoms with Crippen LogP contribution in [0.5, 0.6) is 0 Å². The molecule has 24 heavy (non-hydrogen) atoms. The minimum atomic E-state index is -0.314. The second-order valence-electron chi connectivity index (χ2n) is 5.93. The molecule has 0 aliphatic carbocycles. The highest BCUT2D eigenvalue weighted by atomic mass is 16.2. The van der Waals surface area contributed by atoms with Gasteiger partial charge in [-0.25, -0.2) is 0 Å². The van der Waals surface area contributed by atoms with Crippen LogP contribution >= 0.6 is 0 Å². The Morgan fingerprint density at radius 3 is 2.79 bits per heavy atom. The van der Waals surface area contributed by atoms with Crippen LogP contribution in [-0.4, -0.2) is 23.3 Å². The van der Waals surface area contributed by atoms with Gasteiger partial charge < -0.3 is 10.2 Å². The van der Waals surface area contributed by atoms with Crippen molar-refractivity contribution in [3.8, 4) is 0 Å². The number of rotatable bonds is 5. The first kappa shape index (κ1) is 16.2. The smallest absolute Gasteiger partial charge is 0.227 e. The molecule has 124 valence electrons. The van der Waals surface area contributed by atoms with Crippen molar-refractivity contribution in [2.75, 3.05) is 11.4 Å². The summed E-state index contributed by atoms with van der Waals surface area (Å²) in [6.45, 7) is 2.89. The van der Waals surface area contributed by atoms with Crippen LogP contribution in [0.25, 0.3) is 0 Å². The Bertz CT molecular complexity index is 730. The van der Waals surface area contributed by atoms with Crippen molar-refractivity contribution in [3.05, 3.63) is 59.9 Å². The molecular formula is C19H21N3O2. The van der Waals surface area contributed by atoms with Crippen molar-refractivity contribution in [2.45, 2.75) is 26.3 Å². The Hall–Kier alpha value is -2.69. The van der Waals surface area contributed by atoms with E-state index in [9.17, 15) is 9.59 Å². The van der Waals surface area contributed by atoms with Gasteiger partial charge in [-0.1, -0.05) is 31.2 Å². The lowest BCUT2D eigenvalue weighted by Gasteiger charge is -2.19. The number of aromatic nitrogens is 1. The molecule has 0 saturated carbocycles. The largest absolute Gasteiger partial charge is 0.350 e. The molecule has 1 atom stereocenters. The lowest BCUT2D eigenvalue weighted by molar-refractivity contribution is -0.126. The molecule has 1 fully saturated rings. The highest BCUT2D eigenvalue weighted by Gasteiger charge is 2.35. The maximum absolute atomic E-state index is 12.4. The molecule has 1 aliphatic rings. The summed E-state index contributed by atoms with van der Waals surface area (Å²) in [6, 6.07) is 13.5. The molecule has 0 spiro atoms. The van der Waals surface area contributed by atoms with Gasteiger partial charge in [0, 0.05) is 24.8 Å². The average molecular weight is 323 g/mol. The number of amides is 2. The van der Waals surface area contributed by atoms with Crippen molar-refractivity contribution in [1.29, 1.82) is 0 Å². The first-order valence-electron chi connectivity index (χ1n) is 8.25. The number of carbonyl (C=O) groups is 2. The molecule has 1 aromatic heterocycles. The van der Waals surface area contributed by atoms with E-state index >= 15 is 0 Å². The number of hydrogen-bond donors (Lipinski definition) is 1. The van der Waals surface area contributed by atoms with E-state index in [0.29, 0.717) is 13.1 Å². The number of nitrogens with zero attached hydrogens (tertiary/aromatic N) is 2. The zero-order valence-corrected chi connectivity index (χ0v) is 13.7. The Balaban J connectivity index is 1.65. The van der Waals surface area contributed by atoms with E-state index in [4.69, 9.17) is 0 Å². The van der Waals surface area contributed by atoms with E-state index in [1.54, 1.807) is 11.1 Å². The van der Waals surface area contributed by atoms with Crippen LogP contribution in [-0.2, 0) is 22.6 Å². The summed E-state index contributed by atoms with van der Waals surface area (Å²) in [5, 5.41) is 2.88. The molecule has 1 unspecified atom stereocenters. The predicted molar refractivity (Wildman–Crippen MR) is 92.4 cm³/mol. The van der Waals surface area contributed by atoms with Crippen molar-refractivity contribution in [1.82, 2.24) is 10.3 Å². The number of aryl methyl sites for hydroxylation is 1. The highest BCUT2D eigenvalue weighted by molar-refractivity contribution is 6.00. The number of pyridine rings is 1. The van der Waals surface area contributed by atoms with Gasteiger partial charge in [0.05, 0.1) is 18.2 Å². The fourth-order valence-corrected chi connectivity index (χ4v) is 3.01. The van der Waals surface area contributed by atoms with Crippen molar-refractivity contribution < 1.29 is 9.59 Å². The SMILES string of the molecule is CCc1ccccc1N1CC(C(=O)NCc2ccccn2)CC1=O. The summed E-state index contributed by atoms with van der Waals surface area (Å²) >= 11 is 0. The van der Waals surface area contributed by atoms with Gasteiger partial charge in [-0.2, -0.15) is 0 Å². The summed E-state index contributed by atoms with van der Waals surface area (Å²) < 4.78 is 0. The molecule has 1 N–H and O–H groups in total. The molecule has 5 nitrogen and oxygen atoms in total. The summed E-state index contributed by atoms with van der Waals surface area (Å²) in [4.78, 5) is 30.7. The predicted octanol–water partition coefficient (Wildman–Crippen LogP) is 2.31. The van der Waals surface area contributed by atoms with Gasteiger partial charge in [-0.05, 0) is 30.2 Å². The van der Waals surface area contributed by atoms with Gasteiger partial charge in [0.25, 0.3) is 0 Å². The zero-order chi connectivity index (χ0) is 16.9.